The molecule has 0 atom stereocenters. The van der Waals surface area contributed by atoms with Gasteiger partial charge in [-0.25, -0.2) is 8.42 Å². The van der Waals surface area contributed by atoms with Crippen LogP contribution in [0.1, 0.15) is 16.0 Å². The predicted molar refractivity (Wildman–Crippen MR) is 111 cm³/mol. The van der Waals surface area contributed by atoms with Gasteiger partial charge in [0.15, 0.2) is 9.84 Å². The van der Waals surface area contributed by atoms with Gasteiger partial charge in [-0.2, -0.15) is 0 Å². The Labute approximate surface area is 163 Å². The highest BCUT2D eigenvalue weighted by Gasteiger charge is 2.18. The van der Waals surface area contributed by atoms with Gasteiger partial charge in [0.2, 0.25) is 0 Å². The average molecular weight is 394 g/mol. The van der Waals surface area contributed by atoms with Crippen molar-refractivity contribution in [2.24, 2.45) is 0 Å². The monoisotopic (exact) mass is 393 g/mol. The number of thiophene rings is 1. The van der Waals surface area contributed by atoms with Crippen molar-refractivity contribution in [3.05, 3.63) is 95.0 Å². The first-order valence-corrected chi connectivity index (χ1v) is 11.3. The highest BCUT2D eigenvalue weighted by Crippen LogP contribution is 2.26. The van der Waals surface area contributed by atoms with E-state index in [0.717, 1.165) is 27.8 Å². The van der Waals surface area contributed by atoms with Gasteiger partial charge in [-0.3, -0.25) is 4.98 Å². The number of aryl methyl sites for hydroxylation is 1. The summed E-state index contributed by atoms with van der Waals surface area (Å²) < 4.78 is 26.1. The fourth-order valence-corrected chi connectivity index (χ4v) is 5.95. The van der Waals surface area contributed by atoms with E-state index in [1.807, 2.05) is 54.6 Å². The number of pyridine rings is 1. The van der Waals surface area contributed by atoms with Crippen LogP contribution in [0.25, 0.3) is 10.9 Å². The molecule has 4 aromatic rings. The Balaban J connectivity index is 1.50. The van der Waals surface area contributed by atoms with Crippen molar-refractivity contribution in [3.63, 3.8) is 0 Å². The zero-order valence-corrected chi connectivity index (χ0v) is 16.3. The minimum absolute atomic E-state index is 0.103. The Kier molecular flexibility index (Phi) is 5.05. The number of aromatic nitrogens is 1. The number of rotatable bonds is 6. The predicted octanol–water partition coefficient (Wildman–Crippen LogP) is 4.90. The SMILES string of the molecule is O=S(=O)(CCc1ccnc2ccccc12)c1ccc(Cc2ccccc2)s1. The number of hydrogen-bond acceptors (Lipinski definition) is 4. The first-order chi connectivity index (χ1) is 13.1. The second-order valence-electron chi connectivity index (χ2n) is 6.44. The van der Waals surface area contributed by atoms with E-state index in [9.17, 15) is 8.42 Å². The molecule has 0 spiro atoms. The molecule has 3 nitrogen and oxygen atoms in total. The molecule has 27 heavy (non-hydrogen) atoms. The summed E-state index contributed by atoms with van der Waals surface area (Å²) in [4.78, 5) is 5.40. The van der Waals surface area contributed by atoms with Crippen molar-refractivity contribution >= 4 is 32.1 Å². The van der Waals surface area contributed by atoms with Crippen molar-refractivity contribution in [2.45, 2.75) is 17.1 Å². The lowest BCUT2D eigenvalue weighted by atomic mass is 10.1. The first-order valence-electron chi connectivity index (χ1n) is 8.80. The summed E-state index contributed by atoms with van der Waals surface area (Å²) in [7, 11) is -3.30. The lowest BCUT2D eigenvalue weighted by Gasteiger charge is -2.06. The molecular weight excluding hydrogens is 374 g/mol. The van der Waals surface area contributed by atoms with Crippen molar-refractivity contribution in [1.29, 1.82) is 0 Å². The maximum Gasteiger partial charge on any atom is 0.188 e. The molecule has 2 heterocycles. The van der Waals surface area contributed by atoms with Crippen LogP contribution in [0.2, 0.25) is 0 Å². The Hall–Kier alpha value is -2.50. The number of nitrogens with zero attached hydrogens (tertiary/aromatic N) is 1. The van der Waals surface area contributed by atoms with Crippen LogP contribution in [-0.2, 0) is 22.7 Å². The topological polar surface area (TPSA) is 47.0 Å². The fraction of sp³-hybridized carbons (Fsp3) is 0.136. The molecule has 2 aromatic heterocycles. The van der Waals surface area contributed by atoms with E-state index in [2.05, 4.69) is 17.1 Å². The molecule has 4 rings (SSSR count). The van der Waals surface area contributed by atoms with Crippen LogP contribution in [0.4, 0.5) is 0 Å². The van der Waals surface area contributed by atoms with Crippen LogP contribution in [-0.4, -0.2) is 19.2 Å². The van der Waals surface area contributed by atoms with Crippen LogP contribution in [0.5, 0.6) is 0 Å². The lowest BCUT2D eigenvalue weighted by molar-refractivity contribution is 0.597. The molecule has 2 aromatic carbocycles. The Morgan fingerprint density at radius 3 is 2.48 bits per heavy atom. The second-order valence-corrected chi connectivity index (χ2v) is 9.94. The standard InChI is InChI=1S/C22H19NO2S2/c24-27(25,15-13-18-12-14-23-21-9-5-4-8-20(18)21)22-11-10-19(26-22)16-17-6-2-1-3-7-17/h1-12,14H,13,15-16H2. The molecule has 0 fully saturated rings. The summed E-state index contributed by atoms with van der Waals surface area (Å²) in [6.07, 6.45) is 2.99. The molecule has 0 N–H and O–H groups in total. The van der Waals surface area contributed by atoms with Gasteiger partial charge in [-0.05, 0) is 41.8 Å². The highest BCUT2D eigenvalue weighted by atomic mass is 32.2. The molecule has 0 aliphatic carbocycles. The highest BCUT2D eigenvalue weighted by molar-refractivity contribution is 7.93. The van der Waals surface area contributed by atoms with Crippen molar-refractivity contribution in [3.8, 4) is 0 Å². The molecule has 0 saturated carbocycles. The molecule has 136 valence electrons. The van der Waals surface area contributed by atoms with Crippen LogP contribution in [0.15, 0.2) is 83.2 Å². The molecule has 0 aliphatic heterocycles. The molecule has 0 saturated heterocycles. The van der Waals surface area contributed by atoms with Gasteiger partial charge >= 0.3 is 0 Å². The van der Waals surface area contributed by atoms with Crippen LogP contribution in [0.3, 0.4) is 0 Å². The number of benzene rings is 2. The van der Waals surface area contributed by atoms with Crippen LogP contribution in [0, 0.1) is 0 Å². The summed E-state index contributed by atoms with van der Waals surface area (Å²) in [6.45, 7) is 0. The summed E-state index contributed by atoms with van der Waals surface area (Å²) in [5, 5.41) is 1.02. The summed E-state index contributed by atoms with van der Waals surface area (Å²) in [5.74, 6) is 0.103. The van der Waals surface area contributed by atoms with E-state index >= 15 is 0 Å². The van der Waals surface area contributed by atoms with E-state index in [-0.39, 0.29) is 5.75 Å². The smallest absolute Gasteiger partial charge is 0.188 e. The average Bonchev–Trinajstić information content (AvgIpc) is 3.17. The van der Waals surface area contributed by atoms with E-state index in [1.54, 1.807) is 12.3 Å². The summed E-state index contributed by atoms with van der Waals surface area (Å²) >= 11 is 1.37. The minimum Gasteiger partial charge on any atom is -0.256 e. The third-order valence-corrected chi connectivity index (χ3v) is 7.93. The molecule has 0 amide bonds. The van der Waals surface area contributed by atoms with Gasteiger partial charge in [-0.1, -0.05) is 48.5 Å². The van der Waals surface area contributed by atoms with Gasteiger partial charge < -0.3 is 0 Å². The van der Waals surface area contributed by atoms with Gasteiger partial charge in [0, 0.05) is 22.9 Å². The normalized spacial score (nSPS) is 11.7. The van der Waals surface area contributed by atoms with Gasteiger partial charge in [-0.15, -0.1) is 11.3 Å². The lowest BCUT2D eigenvalue weighted by Crippen LogP contribution is -2.08. The first kappa shape index (κ1) is 17.9. The van der Waals surface area contributed by atoms with Crippen molar-refractivity contribution < 1.29 is 8.42 Å². The largest absolute Gasteiger partial charge is 0.256 e. The number of sulfone groups is 1. The summed E-state index contributed by atoms with van der Waals surface area (Å²) in [6, 6.07) is 23.5. The Morgan fingerprint density at radius 1 is 0.852 bits per heavy atom. The van der Waals surface area contributed by atoms with E-state index < -0.39 is 9.84 Å². The van der Waals surface area contributed by atoms with Crippen molar-refractivity contribution in [2.75, 3.05) is 5.75 Å². The zero-order valence-electron chi connectivity index (χ0n) is 14.7. The zero-order chi connectivity index (χ0) is 18.7. The molecule has 0 bridgehead atoms. The van der Waals surface area contributed by atoms with Gasteiger partial charge in [0.05, 0.1) is 11.3 Å². The molecule has 5 heteroatoms. The van der Waals surface area contributed by atoms with Crippen LogP contribution >= 0.6 is 11.3 Å². The van der Waals surface area contributed by atoms with Gasteiger partial charge in [0.1, 0.15) is 4.21 Å². The van der Waals surface area contributed by atoms with E-state index in [0.29, 0.717) is 10.6 Å². The number of hydrogen-bond donors (Lipinski definition) is 0. The molecular formula is C22H19NO2S2. The third-order valence-electron chi connectivity index (χ3n) is 4.54. The maximum atomic E-state index is 12.8. The molecule has 0 unspecified atom stereocenters. The van der Waals surface area contributed by atoms with E-state index in [1.165, 1.54) is 16.9 Å². The second kappa shape index (κ2) is 7.62. The molecule has 0 aliphatic rings. The van der Waals surface area contributed by atoms with Gasteiger partial charge in [0.25, 0.3) is 0 Å². The fourth-order valence-electron chi connectivity index (χ4n) is 3.14. The summed E-state index contributed by atoms with van der Waals surface area (Å²) in [5.41, 5.74) is 3.10. The maximum absolute atomic E-state index is 12.8. The number of fused-ring (bicyclic) bond motifs is 1. The minimum atomic E-state index is -3.30. The van der Waals surface area contributed by atoms with E-state index in [4.69, 9.17) is 0 Å². The number of para-hydroxylation sites is 1. The Bertz CT molecular complexity index is 1160. The van der Waals surface area contributed by atoms with Crippen LogP contribution < -0.4 is 0 Å². The quantitative estimate of drug-likeness (QED) is 0.468. The third kappa shape index (κ3) is 4.10. The molecule has 0 radical (unpaired) electrons. The Morgan fingerprint density at radius 2 is 1.63 bits per heavy atom. The van der Waals surface area contributed by atoms with Crippen molar-refractivity contribution in [1.82, 2.24) is 4.98 Å².